The Morgan fingerprint density at radius 1 is 1.00 bits per heavy atom. The van der Waals surface area contributed by atoms with Crippen molar-refractivity contribution in [3.63, 3.8) is 0 Å². The molecule has 1 saturated heterocycles. The number of methoxy groups -OCH3 is 2. The Balaban J connectivity index is 1.88. The molecule has 1 heterocycles. The quantitative estimate of drug-likeness (QED) is 0.864. The highest BCUT2D eigenvalue weighted by Gasteiger charge is 2.24. The minimum atomic E-state index is -0.181. The molecule has 1 N–H and O–H groups in total. The van der Waals surface area contributed by atoms with E-state index in [1.54, 1.807) is 20.3 Å². The number of carbonyl (C=O) groups excluding carboxylic acids is 1. The number of thioether (sulfide) groups is 1. The zero-order valence-electron chi connectivity index (χ0n) is 13.3. The highest BCUT2D eigenvalue weighted by Crippen LogP contribution is 2.33. The number of ether oxygens (including phenoxy) is 2. The molecule has 2 aromatic carbocycles. The molecule has 1 aliphatic heterocycles. The number of nitrogens with zero attached hydrogens (tertiary/aromatic N) is 1. The van der Waals surface area contributed by atoms with Crippen LogP contribution in [0, 0.1) is 0 Å². The summed E-state index contributed by atoms with van der Waals surface area (Å²) in [6.45, 7) is 0. The van der Waals surface area contributed by atoms with E-state index in [0.29, 0.717) is 27.3 Å². The Morgan fingerprint density at radius 3 is 2.42 bits per heavy atom. The van der Waals surface area contributed by atoms with Crippen molar-refractivity contribution in [1.29, 1.82) is 0 Å². The van der Waals surface area contributed by atoms with Crippen LogP contribution in [0.25, 0.3) is 6.08 Å². The van der Waals surface area contributed by atoms with E-state index in [-0.39, 0.29) is 5.91 Å². The molecule has 0 atom stereocenters. The number of nitrogens with one attached hydrogen (secondary N) is 1. The van der Waals surface area contributed by atoms with E-state index in [0.717, 1.165) is 5.56 Å². The molecule has 5 nitrogen and oxygen atoms in total. The van der Waals surface area contributed by atoms with Crippen LogP contribution in [0.15, 0.2) is 58.4 Å². The Bertz CT molecular complexity index is 831. The molecule has 2 aromatic rings. The number of aliphatic imine (C=N–C) groups is 1. The maximum absolute atomic E-state index is 12.2. The Hall–Kier alpha value is -2.73. The monoisotopic (exact) mass is 340 g/mol. The number of benzene rings is 2. The second-order valence-electron chi connectivity index (χ2n) is 4.90. The van der Waals surface area contributed by atoms with E-state index in [9.17, 15) is 4.79 Å². The van der Waals surface area contributed by atoms with Crippen molar-refractivity contribution in [2.45, 2.75) is 0 Å². The van der Waals surface area contributed by atoms with E-state index in [1.807, 2.05) is 48.5 Å². The van der Waals surface area contributed by atoms with Gasteiger partial charge in [-0.2, -0.15) is 0 Å². The lowest BCUT2D eigenvalue weighted by molar-refractivity contribution is -0.115. The third-order valence-electron chi connectivity index (χ3n) is 3.38. The van der Waals surface area contributed by atoms with Crippen LogP contribution >= 0.6 is 11.8 Å². The number of rotatable bonds is 4. The zero-order chi connectivity index (χ0) is 16.9. The Labute approximate surface area is 144 Å². The summed E-state index contributed by atoms with van der Waals surface area (Å²) in [6.07, 6.45) is 1.80. The summed E-state index contributed by atoms with van der Waals surface area (Å²) in [5.74, 6) is 1.19. The predicted molar refractivity (Wildman–Crippen MR) is 96.8 cm³/mol. The predicted octanol–water partition coefficient (Wildman–Crippen LogP) is 3.60. The van der Waals surface area contributed by atoms with Crippen LogP contribution in [0.3, 0.4) is 0 Å². The summed E-state index contributed by atoms with van der Waals surface area (Å²) in [4.78, 5) is 17.2. The molecule has 0 radical (unpaired) electrons. The van der Waals surface area contributed by atoms with Gasteiger partial charge in [-0.05, 0) is 36.0 Å². The van der Waals surface area contributed by atoms with Crippen LogP contribution in [0.5, 0.6) is 11.5 Å². The molecule has 3 rings (SSSR count). The van der Waals surface area contributed by atoms with Crippen molar-refractivity contribution < 1.29 is 14.3 Å². The largest absolute Gasteiger partial charge is 0.496 e. The number of hydrogen-bond acceptors (Lipinski definition) is 5. The van der Waals surface area contributed by atoms with E-state index in [2.05, 4.69) is 10.3 Å². The van der Waals surface area contributed by atoms with Crippen molar-refractivity contribution in [2.75, 3.05) is 14.2 Å². The van der Waals surface area contributed by atoms with Gasteiger partial charge < -0.3 is 14.8 Å². The summed E-state index contributed by atoms with van der Waals surface area (Å²) < 4.78 is 10.6. The lowest BCUT2D eigenvalue weighted by Gasteiger charge is -2.04. The third-order valence-corrected chi connectivity index (χ3v) is 4.29. The number of amidine groups is 1. The van der Waals surface area contributed by atoms with Crippen molar-refractivity contribution in [3.8, 4) is 11.5 Å². The van der Waals surface area contributed by atoms with E-state index in [1.165, 1.54) is 11.8 Å². The summed E-state index contributed by atoms with van der Waals surface area (Å²) in [5, 5.41) is 3.29. The van der Waals surface area contributed by atoms with Crippen LogP contribution in [0.4, 0.5) is 5.69 Å². The van der Waals surface area contributed by atoms with Gasteiger partial charge in [0.05, 0.1) is 19.1 Å². The first kappa shape index (κ1) is 16.1. The maximum Gasteiger partial charge on any atom is 0.264 e. The molecule has 6 heteroatoms. The van der Waals surface area contributed by atoms with Crippen LogP contribution in [0.1, 0.15) is 5.56 Å². The fourth-order valence-corrected chi connectivity index (χ4v) is 3.06. The molecular weight excluding hydrogens is 324 g/mol. The average Bonchev–Trinajstić information content (AvgIpc) is 2.95. The molecule has 0 saturated carbocycles. The van der Waals surface area contributed by atoms with Gasteiger partial charge in [0, 0.05) is 5.56 Å². The molecule has 122 valence electrons. The number of hydrogen-bond donors (Lipinski definition) is 1. The third kappa shape index (κ3) is 3.44. The van der Waals surface area contributed by atoms with Gasteiger partial charge >= 0.3 is 0 Å². The lowest BCUT2D eigenvalue weighted by Crippen LogP contribution is -2.19. The minimum absolute atomic E-state index is 0.181. The molecule has 0 bridgehead atoms. The van der Waals surface area contributed by atoms with Crippen LogP contribution < -0.4 is 14.8 Å². The van der Waals surface area contributed by atoms with Gasteiger partial charge in [-0.15, -0.1) is 0 Å². The van der Waals surface area contributed by atoms with Crippen LogP contribution in [-0.4, -0.2) is 25.3 Å². The Morgan fingerprint density at radius 2 is 1.67 bits per heavy atom. The van der Waals surface area contributed by atoms with Gasteiger partial charge in [-0.25, -0.2) is 4.99 Å². The van der Waals surface area contributed by atoms with Gasteiger partial charge in [0.1, 0.15) is 17.2 Å². The molecular formula is C18H16N2O3S. The first-order valence-electron chi connectivity index (χ1n) is 7.27. The molecule has 1 fully saturated rings. The first-order chi connectivity index (χ1) is 11.7. The minimum Gasteiger partial charge on any atom is -0.496 e. The zero-order valence-corrected chi connectivity index (χ0v) is 14.1. The second-order valence-corrected chi connectivity index (χ2v) is 5.93. The fourth-order valence-electron chi connectivity index (χ4n) is 2.24. The van der Waals surface area contributed by atoms with Crippen molar-refractivity contribution in [1.82, 2.24) is 5.32 Å². The van der Waals surface area contributed by atoms with Gasteiger partial charge in [0.2, 0.25) is 0 Å². The topological polar surface area (TPSA) is 59.9 Å². The highest BCUT2D eigenvalue weighted by molar-refractivity contribution is 8.18. The summed E-state index contributed by atoms with van der Waals surface area (Å²) in [6, 6.07) is 14.9. The number of amides is 1. The molecule has 0 aromatic heterocycles. The smallest absolute Gasteiger partial charge is 0.264 e. The average molecular weight is 340 g/mol. The first-order valence-corrected chi connectivity index (χ1v) is 8.08. The van der Waals surface area contributed by atoms with E-state index < -0.39 is 0 Å². The molecule has 24 heavy (non-hydrogen) atoms. The summed E-state index contributed by atoms with van der Waals surface area (Å²) >= 11 is 1.29. The normalized spacial score (nSPS) is 17.2. The van der Waals surface area contributed by atoms with Crippen molar-refractivity contribution >= 4 is 34.6 Å². The molecule has 0 spiro atoms. The van der Waals surface area contributed by atoms with Gasteiger partial charge in [0.25, 0.3) is 5.91 Å². The SMILES string of the molecule is COc1ccccc1/C=C1\SC(=Nc2ccccc2OC)NC1=O. The Kier molecular flexibility index (Phi) is 4.86. The van der Waals surface area contributed by atoms with Crippen LogP contribution in [0.2, 0.25) is 0 Å². The van der Waals surface area contributed by atoms with E-state index >= 15 is 0 Å². The van der Waals surface area contributed by atoms with Gasteiger partial charge in [-0.1, -0.05) is 30.3 Å². The second kappa shape index (κ2) is 7.23. The summed E-state index contributed by atoms with van der Waals surface area (Å²) in [7, 11) is 3.19. The number of carbonyl (C=O) groups is 1. The maximum atomic E-state index is 12.2. The van der Waals surface area contributed by atoms with Crippen molar-refractivity contribution in [2.24, 2.45) is 4.99 Å². The number of para-hydroxylation sites is 3. The molecule has 0 unspecified atom stereocenters. The van der Waals surface area contributed by atoms with Crippen LogP contribution in [-0.2, 0) is 4.79 Å². The fraction of sp³-hybridized carbons (Fsp3) is 0.111. The standard InChI is InChI=1S/C18H16N2O3S/c1-22-14-9-5-3-7-12(14)11-16-17(21)20-18(24-16)19-13-8-4-6-10-15(13)23-2/h3-11H,1-2H3,(H,19,20,21)/b16-11-. The molecule has 1 amide bonds. The van der Waals surface area contributed by atoms with E-state index in [4.69, 9.17) is 9.47 Å². The van der Waals surface area contributed by atoms with Gasteiger partial charge in [-0.3, -0.25) is 4.79 Å². The lowest BCUT2D eigenvalue weighted by atomic mass is 10.2. The molecule has 0 aliphatic carbocycles. The molecule has 1 aliphatic rings. The highest BCUT2D eigenvalue weighted by atomic mass is 32.2. The van der Waals surface area contributed by atoms with Crippen molar-refractivity contribution in [3.05, 3.63) is 59.0 Å². The summed E-state index contributed by atoms with van der Waals surface area (Å²) in [5.41, 5.74) is 1.51. The van der Waals surface area contributed by atoms with Gasteiger partial charge in [0.15, 0.2) is 5.17 Å².